The number of hydrogen-bond acceptors (Lipinski definition) is 3. The fraction of sp³-hybridized carbons (Fsp3) is 0.846. The molecule has 0 bridgehead atoms. The lowest BCUT2D eigenvalue weighted by atomic mass is 10.1. The van der Waals surface area contributed by atoms with E-state index in [1.807, 2.05) is 20.8 Å². The highest BCUT2D eigenvalue weighted by Crippen LogP contribution is 2.25. The Morgan fingerprint density at radius 1 is 1.58 bits per heavy atom. The second kappa shape index (κ2) is 6.22. The van der Waals surface area contributed by atoms with E-state index < -0.39 is 23.7 Å². The Hall–Kier alpha value is -0.620. The van der Waals surface area contributed by atoms with Crippen LogP contribution in [0.1, 0.15) is 34.1 Å². The third kappa shape index (κ3) is 4.45. The Bertz CT molecular complexity index is 353. The summed E-state index contributed by atoms with van der Waals surface area (Å²) in [5, 5.41) is 10.1. The van der Waals surface area contributed by atoms with Crippen LogP contribution in [0, 0.1) is 5.92 Å². The summed E-state index contributed by atoms with van der Waals surface area (Å²) in [6.07, 6.45) is -0.146. The number of carbonyl (C=O) groups excluding carboxylic acids is 1. The van der Waals surface area contributed by atoms with Crippen molar-refractivity contribution in [1.82, 2.24) is 4.90 Å². The van der Waals surface area contributed by atoms with Crippen LogP contribution in [0.4, 0.5) is 0 Å². The number of likely N-dealkylation sites (tertiary alicyclic amines) is 1. The number of hydrogen-bond donors (Lipinski definition) is 1. The van der Waals surface area contributed by atoms with E-state index in [2.05, 4.69) is 15.9 Å². The first-order valence-electron chi connectivity index (χ1n) is 6.41. The number of halogens is 1. The Balaban J connectivity index is 2.84. The number of carbonyl (C=O) groups is 2. The van der Waals surface area contributed by atoms with Crippen LogP contribution < -0.4 is 0 Å². The van der Waals surface area contributed by atoms with Crippen molar-refractivity contribution in [3.63, 3.8) is 0 Å². The molecule has 1 heterocycles. The van der Waals surface area contributed by atoms with E-state index in [-0.39, 0.29) is 11.8 Å². The first kappa shape index (κ1) is 16.4. The maximum atomic E-state index is 11.9. The predicted molar refractivity (Wildman–Crippen MR) is 75.3 cm³/mol. The van der Waals surface area contributed by atoms with Crippen LogP contribution in [-0.2, 0) is 14.3 Å². The van der Waals surface area contributed by atoms with Crippen molar-refractivity contribution >= 4 is 27.8 Å². The molecule has 1 saturated heterocycles. The van der Waals surface area contributed by atoms with Crippen molar-refractivity contribution in [3.05, 3.63) is 0 Å². The van der Waals surface area contributed by atoms with Crippen LogP contribution in [-0.4, -0.2) is 51.5 Å². The van der Waals surface area contributed by atoms with Gasteiger partial charge in [-0.2, -0.15) is 0 Å². The minimum atomic E-state index is -1.01. The lowest BCUT2D eigenvalue weighted by molar-refractivity contribution is -0.160. The molecule has 1 amide bonds. The molecule has 1 fully saturated rings. The van der Waals surface area contributed by atoms with Gasteiger partial charge in [0.05, 0.1) is 11.7 Å². The standard InChI is InChI=1S/C13H22BrNO4/c1-8(19-13(2,3)4)11(12(17)18)15-7-9(6-14)5-10(15)16/h8-9,11H,5-7H2,1-4H3,(H,17,18)/t8-,9?,11+/m0/s1. The third-order valence-electron chi connectivity index (χ3n) is 3.03. The molecule has 1 rings (SSSR count). The van der Waals surface area contributed by atoms with E-state index in [0.717, 1.165) is 0 Å². The molecule has 0 spiro atoms. The molecule has 0 aliphatic carbocycles. The third-order valence-corrected chi connectivity index (χ3v) is 3.95. The number of carboxylic acid groups (broad SMARTS) is 1. The largest absolute Gasteiger partial charge is 0.480 e. The summed E-state index contributed by atoms with van der Waals surface area (Å²) >= 11 is 3.35. The van der Waals surface area contributed by atoms with Gasteiger partial charge < -0.3 is 14.7 Å². The number of amides is 1. The van der Waals surface area contributed by atoms with Gasteiger partial charge in [-0.1, -0.05) is 15.9 Å². The number of aliphatic carboxylic acids is 1. The van der Waals surface area contributed by atoms with Gasteiger partial charge in [0.25, 0.3) is 0 Å². The number of ether oxygens (including phenoxy) is 1. The lowest BCUT2D eigenvalue weighted by Gasteiger charge is -2.33. The van der Waals surface area contributed by atoms with Crippen molar-refractivity contribution in [2.45, 2.75) is 51.9 Å². The van der Waals surface area contributed by atoms with E-state index in [0.29, 0.717) is 18.3 Å². The number of alkyl halides is 1. The molecule has 1 aliphatic rings. The molecule has 110 valence electrons. The number of carboxylic acids is 1. The molecule has 1 unspecified atom stereocenters. The van der Waals surface area contributed by atoms with Gasteiger partial charge in [0.15, 0.2) is 6.04 Å². The van der Waals surface area contributed by atoms with Gasteiger partial charge in [0.1, 0.15) is 0 Å². The van der Waals surface area contributed by atoms with Gasteiger partial charge >= 0.3 is 5.97 Å². The quantitative estimate of drug-likeness (QED) is 0.779. The van der Waals surface area contributed by atoms with Crippen LogP contribution in [0.15, 0.2) is 0 Å². The zero-order valence-electron chi connectivity index (χ0n) is 11.9. The zero-order chi connectivity index (χ0) is 14.8. The summed E-state index contributed by atoms with van der Waals surface area (Å²) in [5.74, 6) is -0.947. The Morgan fingerprint density at radius 3 is 2.53 bits per heavy atom. The molecule has 5 nitrogen and oxygen atoms in total. The molecule has 0 aromatic rings. The van der Waals surface area contributed by atoms with Crippen LogP contribution in [0.3, 0.4) is 0 Å². The fourth-order valence-corrected chi connectivity index (χ4v) is 2.82. The van der Waals surface area contributed by atoms with Crippen molar-refractivity contribution in [3.8, 4) is 0 Å². The fourth-order valence-electron chi connectivity index (χ4n) is 2.39. The van der Waals surface area contributed by atoms with Crippen LogP contribution in [0.2, 0.25) is 0 Å². The van der Waals surface area contributed by atoms with Gasteiger partial charge in [-0.3, -0.25) is 4.79 Å². The molecular formula is C13H22BrNO4. The normalized spacial score (nSPS) is 23.5. The summed E-state index contributed by atoms with van der Waals surface area (Å²) in [6, 6.07) is -0.921. The van der Waals surface area contributed by atoms with Crippen molar-refractivity contribution < 1.29 is 19.4 Å². The van der Waals surface area contributed by atoms with Gasteiger partial charge in [-0.05, 0) is 33.6 Å². The highest BCUT2D eigenvalue weighted by atomic mass is 79.9. The molecule has 1 aliphatic heterocycles. The van der Waals surface area contributed by atoms with E-state index in [4.69, 9.17) is 4.74 Å². The van der Waals surface area contributed by atoms with E-state index in [9.17, 15) is 14.7 Å². The molecule has 0 aromatic heterocycles. The first-order chi connectivity index (χ1) is 8.65. The molecule has 6 heteroatoms. The van der Waals surface area contributed by atoms with E-state index in [1.54, 1.807) is 6.92 Å². The predicted octanol–water partition coefficient (Wildman–Crippen LogP) is 1.89. The molecule has 0 aromatic carbocycles. The number of nitrogens with zero attached hydrogens (tertiary/aromatic N) is 1. The maximum Gasteiger partial charge on any atom is 0.329 e. The Labute approximate surface area is 122 Å². The second-order valence-corrected chi connectivity index (χ2v) is 6.64. The van der Waals surface area contributed by atoms with Crippen molar-refractivity contribution in [2.75, 3.05) is 11.9 Å². The first-order valence-corrected chi connectivity index (χ1v) is 7.54. The summed E-state index contributed by atoms with van der Waals surface area (Å²) in [5.41, 5.74) is -0.440. The molecule has 19 heavy (non-hydrogen) atoms. The van der Waals surface area contributed by atoms with Crippen LogP contribution in [0.5, 0.6) is 0 Å². The average Bonchev–Trinajstić information content (AvgIpc) is 2.57. The van der Waals surface area contributed by atoms with E-state index >= 15 is 0 Å². The summed E-state index contributed by atoms with van der Waals surface area (Å²) in [7, 11) is 0. The lowest BCUT2D eigenvalue weighted by Crippen LogP contribution is -2.51. The molecule has 3 atom stereocenters. The second-order valence-electron chi connectivity index (χ2n) is 5.99. The molecular weight excluding hydrogens is 314 g/mol. The minimum Gasteiger partial charge on any atom is -0.480 e. The average molecular weight is 336 g/mol. The smallest absolute Gasteiger partial charge is 0.329 e. The van der Waals surface area contributed by atoms with E-state index in [1.165, 1.54) is 4.90 Å². The van der Waals surface area contributed by atoms with Crippen molar-refractivity contribution in [2.24, 2.45) is 5.92 Å². The summed E-state index contributed by atoms with van der Waals surface area (Å²) in [4.78, 5) is 24.8. The van der Waals surface area contributed by atoms with Gasteiger partial charge in [0, 0.05) is 18.3 Å². The summed E-state index contributed by atoms with van der Waals surface area (Å²) < 4.78 is 5.70. The van der Waals surface area contributed by atoms with Crippen molar-refractivity contribution in [1.29, 1.82) is 0 Å². The SMILES string of the molecule is C[C@H](OC(C)(C)C)[C@H](C(=O)O)N1CC(CBr)CC1=O. The topological polar surface area (TPSA) is 66.8 Å². The molecule has 0 radical (unpaired) electrons. The number of rotatable bonds is 5. The van der Waals surface area contributed by atoms with Gasteiger partial charge in [-0.15, -0.1) is 0 Å². The molecule has 0 saturated carbocycles. The summed E-state index contributed by atoms with van der Waals surface area (Å²) in [6.45, 7) is 7.79. The highest BCUT2D eigenvalue weighted by molar-refractivity contribution is 9.09. The van der Waals surface area contributed by atoms with Crippen LogP contribution in [0.25, 0.3) is 0 Å². The Kier molecular flexibility index (Phi) is 5.38. The van der Waals surface area contributed by atoms with Gasteiger partial charge in [0.2, 0.25) is 5.91 Å². The van der Waals surface area contributed by atoms with Crippen LogP contribution >= 0.6 is 15.9 Å². The maximum absolute atomic E-state index is 11.9. The minimum absolute atomic E-state index is 0.110. The monoisotopic (exact) mass is 335 g/mol. The molecule has 1 N–H and O–H groups in total. The highest BCUT2D eigenvalue weighted by Gasteiger charge is 2.41. The Morgan fingerprint density at radius 2 is 2.16 bits per heavy atom. The van der Waals surface area contributed by atoms with Gasteiger partial charge in [-0.25, -0.2) is 4.79 Å². The zero-order valence-corrected chi connectivity index (χ0v) is 13.4.